The van der Waals surface area contributed by atoms with E-state index in [2.05, 4.69) is 26.7 Å². The summed E-state index contributed by atoms with van der Waals surface area (Å²) in [6, 6.07) is 5.41. The Balaban J connectivity index is 2.04. The van der Waals surface area contributed by atoms with Gasteiger partial charge in [-0.2, -0.15) is 10.2 Å². The van der Waals surface area contributed by atoms with Gasteiger partial charge in [0.2, 0.25) is 0 Å². The molecular formula is C15H14N4O2S. The Morgan fingerprint density at radius 3 is 2.91 bits per heavy atom. The predicted octanol–water partition coefficient (Wildman–Crippen LogP) is 2.32. The number of methoxy groups -OCH3 is 1. The summed E-state index contributed by atoms with van der Waals surface area (Å²) in [5.41, 5.74) is 2.32. The Kier molecular flexibility index (Phi) is 4.08. The van der Waals surface area contributed by atoms with Crippen LogP contribution in [0.1, 0.15) is 0 Å². The largest absolute Gasteiger partial charge is 0.611 e. The van der Waals surface area contributed by atoms with Crippen molar-refractivity contribution < 1.29 is 9.29 Å². The number of ether oxygens (including phenoxy) is 1. The van der Waals surface area contributed by atoms with E-state index in [-0.39, 0.29) is 0 Å². The minimum atomic E-state index is -1.12. The molecule has 0 saturated heterocycles. The number of H-pyrrole nitrogens is 1. The molecular weight excluding hydrogens is 300 g/mol. The van der Waals surface area contributed by atoms with Crippen LogP contribution in [0.3, 0.4) is 0 Å². The minimum Gasteiger partial charge on any atom is -0.611 e. The van der Waals surface area contributed by atoms with Gasteiger partial charge >= 0.3 is 0 Å². The van der Waals surface area contributed by atoms with Gasteiger partial charge in [0.05, 0.1) is 30.6 Å². The van der Waals surface area contributed by atoms with E-state index in [9.17, 15) is 4.55 Å². The number of nitrogens with zero attached hydrogens (tertiary/aromatic N) is 3. The second-order valence-electron chi connectivity index (χ2n) is 4.54. The number of hydrogen-bond donors (Lipinski definition) is 1. The quantitative estimate of drug-likeness (QED) is 0.577. The summed E-state index contributed by atoms with van der Waals surface area (Å²) in [6.07, 6.45) is 4.84. The SMILES string of the molecule is C=CC[S+]([O-])c1ccc(-c2nc3cnncc3[nH]2)c(OC)c1. The van der Waals surface area contributed by atoms with Crippen LogP contribution in [0.5, 0.6) is 5.75 Å². The molecule has 7 heteroatoms. The summed E-state index contributed by atoms with van der Waals surface area (Å²) < 4.78 is 17.5. The lowest BCUT2D eigenvalue weighted by Crippen LogP contribution is -2.05. The highest BCUT2D eigenvalue weighted by molar-refractivity contribution is 7.91. The van der Waals surface area contributed by atoms with Gasteiger partial charge in [0.25, 0.3) is 0 Å². The van der Waals surface area contributed by atoms with Gasteiger partial charge < -0.3 is 14.3 Å². The zero-order chi connectivity index (χ0) is 15.5. The summed E-state index contributed by atoms with van der Waals surface area (Å²) in [7, 11) is 1.57. The third-order valence-corrected chi connectivity index (χ3v) is 4.47. The molecule has 0 fully saturated rings. The first kappa shape index (κ1) is 14.6. The van der Waals surface area contributed by atoms with Gasteiger partial charge in [-0.05, 0) is 29.4 Å². The number of fused-ring (bicyclic) bond motifs is 1. The van der Waals surface area contributed by atoms with E-state index in [0.29, 0.717) is 22.2 Å². The standard InChI is InChI=1S/C15H14N4O2S/c1-3-6-22(20)10-4-5-11(14(7-10)21-2)15-18-12-8-16-17-9-13(12)19-15/h3-5,7-9H,1,6H2,2H3,(H,18,19). The number of aromatic amines is 1. The average Bonchev–Trinajstić information content (AvgIpc) is 2.98. The van der Waals surface area contributed by atoms with Crippen molar-refractivity contribution in [2.45, 2.75) is 4.90 Å². The fourth-order valence-electron chi connectivity index (χ4n) is 2.12. The van der Waals surface area contributed by atoms with Crippen LogP contribution in [-0.4, -0.2) is 37.6 Å². The van der Waals surface area contributed by atoms with Crippen molar-refractivity contribution in [3.63, 3.8) is 0 Å². The van der Waals surface area contributed by atoms with E-state index in [0.717, 1.165) is 16.6 Å². The molecule has 22 heavy (non-hydrogen) atoms. The van der Waals surface area contributed by atoms with E-state index >= 15 is 0 Å². The van der Waals surface area contributed by atoms with Crippen molar-refractivity contribution >= 4 is 22.2 Å². The van der Waals surface area contributed by atoms with Crippen molar-refractivity contribution in [2.75, 3.05) is 12.9 Å². The van der Waals surface area contributed by atoms with Gasteiger partial charge in [-0.3, -0.25) is 0 Å². The fraction of sp³-hybridized carbons (Fsp3) is 0.133. The summed E-state index contributed by atoms with van der Waals surface area (Å²) in [5, 5.41) is 7.63. The highest BCUT2D eigenvalue weighted by Crippen LogP contribution is 2.31. The van der Waals surface area contributed by atoms with Crippen molar-refractivity contribution in [3.8, 4) is 17.1 Å². The number of imidazole rings is 1. The Labute approximate surface area is 130 Å². The molecule has 1 aromatic carbocycles. The topological polar surface area (TPSA) is 86.8 Å². The molecule has 3 aromatic rings. The zero-order valence-electron chi connectivity index (χ0n) is 11.9. The predicted molar refractivity (Wildman–Crippen MR) is 85.1 cm³/mol. The smallest absolute Gasteiger partial charge is 0.156 e. The molecule has 0 aliphatic heterocycles. The Morgan fingerprint density at radius 2 is 2.18 bits per heavy atom. The molecule has 0 spiro atoms. The number of benzene rings is 1. The Hall–Kier alpha value is -2.38. The molecule has 0 radical (unpaired) electrons. The number of rotatable bonds is 5. The summed E-state index contributed by atoms with van der Waals surface area (Å²) in [4.78, 5) is 8.34. The highest BCUT2D eigenvalue weighted by atomic mass is 32.2. The lowest BCUT2D eigenvalue weighted by Gasteiger charge is -2.11. The molecule has 1 unspecified atom stereocenters. The fourth-order valence-corrected chi connectivity index (χ4v) is 2.98. The van der Waals surface area contributed by atoms with Crippen molar-refractivity contribution in [2.24, 2.45) is 0 Å². The molecule has 0 bridgehead atoms. The van der Waals surface area contributed by atoms with Gasteiger partial charge in [0.1, 0.15) is 22.8 Å². The molecule has 1 atom stereocenters. The van der Waals surface area contributed by atoms with E-state index in [4.69, 9.17) is 4.74 Å². The van der Waals surface area contributed by atoms with Crippen molar-refractivity contribution in [1.29, 1.82) is 0 Å². The molecule has 0 aliphatic carbocycles. The van der Waals surface area contributed by atoms with Gasteiger partial charge in [0, 0.05) is 6.07 Å². The monoisotopic (exact) mass is 314 g/mol. The van der Waals surface area contributed by atoms with Gasteiger partial charge in [-0.1, -0.05) is 6.58 Å². The lowest BCUT2D eigenvalue weighted by atomic mass is 10.2. The van der Waals surface area contributed by atoms with Gasteiger partial charge in [0.15, 0.2) is 4.90 Å². The average molecular weight is 314 g/mol. The molecule has 0 saturated carbocycles. The maximum atomic E-state index is 12.0. The van der Waals surface area contributed by atoms with Crippen LogP contribution in [-0.2, 0) is 11.2 Å². The summed E-state index contributed by atoms with van der Waals surface area (Å²) in [6.45, 7) is 3.61. The Bertz CT molecular complexity index is 785. The van der Waals surface area contributed by atoms with Gasteiger partial charge in [-0.15, -0.1) is 0 Å². The van der Waals surface area contributed by atoms with Gasteiger partial charge in [-0.25, -0.2) is 4.98 Å². The minimum absolute atomic E-state index is 0.407. The van der Waals surface area contributed by atoms with E-state index in [1.807, 2.05) is 6.07 Å². The summed E-state index contributed by atoms with van der Waals surface area (Å²) >= 11 is -1.12. The van der Waals surface area contributed by atoms with Crippen molar-refractivity contribution in [1.82, 2.24) is 20.2 Å². The number of nitrogens with one attached hydrogen (secondary N) is 1. The Morgan fingerprint density at radius 1 is 1.36 bits per heavy atom. The maximum absolute atomic E-state index is 12.0. The molecule has 1 N–H and O–H groups in total. The number of hydrogen-bond acceptors (Lipinski definition) is 5. The normalized spacial score (nSPS) is 12.3. The zero-order valence-corrected chi connectivity index (χ0v) is 12.8. The first-order valence-electron chi connectivity index (χ1n) is 6.57. The van der Waals surface area contributed by atoms with Crippen LogP contribution in [0.25, 0.3) is 22.4 Å². The first-order valence-corrected chi connectivity index (χ1v) is 7.89. The van der Waals surface area contributed by atoms with Crippen LogP contribution in [0.4, 0.5) is 0 Å². The molecule has 0 aliphatic rings. The van der Waals surface area contributed by atoms with Crippen LogP contribution in [0.2, 0.25) is 0 Å². The van der Waals surface area contributed by atoms with Crippen molar-refractivity contribution in [3.05, 3.63) is 43.2 Å². The van der Waals surface area contributed by atoms with E-state index in [1.54, 1.807) is 37.7 Å². The molecule has 112 valence electrons. The molecule has 2 heterocycles. The molecule has 0 amide bonds. The third-order valence-electron chi connectivity index (χ3n) is 3.16. The lowest BCUT2D eigenvalue weighted by molar-refractivity contribution is 0.415. The van der Waals surface area contributed by atoms with Crippen LogP contribution >= 0.6 is 0 Å². The van der Waals surface area contributed by atoms with E-state index in [1.165, 1.54) is 0 Å². The molecule has 6 nitrogen and oxygen atoms in total. The van der Waals surface area contributed by atoms with Crippen LogP contribution in [0.15, 0.2) is 48.1 Å². The number of aromatic nitrogens is 4. The van der Waals surface area contributed by atoms with Crippen LogP contribution in [0, 0.1) is 0 Å². The molecule has 2 aromatic heterocycles. The second kappa shape index (κ2) is 6.17. The summed E-state index contributed by atoms with van der Waals surface area (Å²) in [5.74, 6) is 1.67. The molecule has 3 rings (SSSR count). The third kappa shape index (κ3) is 2.68. The van der Waals surface area contributed by atoms with E-state index < -0.39 is 11.2 Å². The maximum Gasteiger partial charge on any atom is 0.156 e. The highest BCUT2D eigenvalue weighted by Gasteiger charge is 2.16. The first-order chi connectivity index (χ1) is 10.7. The van der Waals surface area contributed by atoms with Crippen LogP contribution < -0.4 is 4.74 Å². The second-order valence-corrected chi connectivity index (χ2v) is 6.03.